The second-order valence-electron chi connectivity index (χ2n) is 7.19. The number of benzene rings is 2. The van der Waals surface area contributed by atoms with E-state index >= 15 is 0 Å². The fraction of sp³-hybridized carbons (Fsp3) is 0.250. The maximum Gasteiger partial charge on any atom is 0.208 e. The topological polar surface area (TPSA) is 62.3 Å². The smallest absolute Gasteiger partial charge is 0.208 e. The van der Waals surface area contributed by atoms with Gasteiger partial charge in [-0.15, -0.1) is 0 Å². The summed E-state index contributed by atoms with van der Waals surface area (Å²) in [6.07, 6.45) is 1.34. The highest BCUT2D eigenvalue weighted by atomic mass is 32.2. The first-order chi connectivity index (χ1) is 13.0. The number of hydrogen-bond acceptors (Lipinski definition) is 5. The molecule has 2 atom stereocenters. The second-order valence-corrected chi connectivity index (χ2v) is 9.14. The van der Waals surface area contributed by atoms with Gasteiger partial charge in [0.15, 0.2) is 0 Å². The Morgan fingerprint density at radius 3 is 2.67 bits per heavy atom. The van der Waals surface area contributed by atoms with E-state index in [-0.39, 0.29) is 9.79 Å². The first kappa shape index (κ1) is 16.6. The largest absolute Gasteiger partial charge is 0.370 e. The molecule has 2 aromatic carbocycles. The van der Waals surface area contributed by atoms with E-state index in [0.29, 0.717) is 12.0 Å². The van der Waals surface area contributed by atoms with E-state index in [4.69, 9.17) is 0 Å². The Hall–Kier alpha value is -2.51. The molecule has 2 saturated heterocycles. The van der Waals surface area contributed by atoms with Crippen molar-refractivity contribution in [2.75, 3.05) is 24.5 Å². The van der Waals surface area contributed by atoms with E-state index in [2.05, 4.69) is 15.2 Å². The van der Waals surface area contributed by atoms with Gasteiger partial charge in [-0.05, 0) is 42.5 Å². The van der Waals surface area contributed by atoms with Crippen molar-refractivity contribution in [3.8, 4) is 0 Å². The molecule has 1 aromatic heterocycles. The zero-order chi connectivity index (χ0) is 18.6. The lowest BCUT2D eigenvalue weighted by atomic mass is 9.96. The summed E-state index contributed by atoms with van der Waals surface area (Å²) in [5.41, 5.74) is 1.80. The van der Waals surface area contributed by atoms with E-state index in [9.17, 15) is 12.8 Å². The summed E-state index contributed by atoms with van der Waals surface area (Å²) in [5.74, 6) is 0.114. The van der Waals surface area contributed by atoms with E-state index in [0.717, 1.165) is 42.3 Å². The lowest BCUT2D eigenvalue weighted by molar-refractivity contribution is 0.297. The van der Waals surface area contributed by atoms with Crippen molar-refractivity contribution < 1.29 is 12.8 Å². The number of sulfone groups is 1. The third-order valence-corrected chi connectivity index (χ3v) is 7.22. The summed E-state index contributed by atoms with van der Waals surface area (Å²) in [5, 5.41) is 4.19. The maximum absolute atomic E-state index is 13.5. The fourth-order valence-electron chi connectivity index (χ4n) is 3.88. The highest BCUT2D eigenvalue weighted by Gasteiger charge is 2.39. The highest BCUT2D eigenvalue weighted by Crippen LogP contribution is 2.31. The summed E-state index contributed by atoms with van der Waals surface area (Å²) in [6, 6.07) is 13.1. The minimum atomic E-state index is -3.82. The van der Waals surface area contributed by atoms with Crippen LogP contribution >= 0.6 is 0 Å². The van der Waals surface area contributed by atoms with Crippen LogP contribution in [0.5, 0.6) is 0 Å². The van der Waals surface area contributed by atoms with Gasteiger partial charge in [0, 0.05) is 48.9 Å². The average molecular weight is 383 g/mol. The Morgan fingerprint density at radius 1 is 1.07 bits per heavy atom. The number of fused-ring (bicyclic) bond motifs is 2. The second kappa shape index (κ2) is 6.00. The summed E-state index contributed by atoms with van der Waals surface area (Å²) in [7, 11) is -3.82. The third kappa shape index (κ3) is 2.78. The molecular weight excluding hydrogens is 365 g/mol. The molecule has 5 nitrogen and oxygen atoms in total. The number of halogens is 1. The van der Waals surface area contributed by atoms with Crippen molar-refractivity contribution >= 4 is 26.4 Å². The van der Waals surface area contributed by atoms with Crippen LogP contribution in [0.25, 0.3) is 10.9 Å². The van der Waals surface area contributed by atoms with Gasteiger partial charge in [0.25, 0.3) is 0 Å². The lowest BCUT2D eigenvalue weighted by Gasteiger charge is -2.29. The van der Waals surface area contributed by atoms with Crippen LogP contribution in [0.4, 0.5) is 10.1 Å². The molecule has 2 aliphatic rings. The van der Waals surface area contributed by atoms with E-state index in [1.165, 1.54) is 24.4 Å². The van der Waals surface area contributed by atoms with Crippen molar-refractivity contribution in [2.45, 2.75) is 15.8 Å². The quantitative estimate of drug-likeness (QED) is 0.753. The molecule has 3 aromatic rings. The van der Waals surface area contributed by atoms with Gasteiger partial charge in [-0.2, -0.15) is 0 Å². The molecule has 27 heavy (non-hydrogen) atoms. The van der Waals surface area contributed by atoms with Crippen LogP contribution in [0, 0.1) is 11.7 Å². The van der Waals surface area contributed by atoms with Crippen molar-refractivity contribution in [3.63, 3.8) is 0 Å². The number of anilines is 1. The number of aromatic nitrogens is 1. The number of nitrogens with one attached hydrogen (secondary N) is 1. The Kier molecular flexibility index (Phi) is 3.70. The van der Waals surface area contributed by atoms with Crippen LogP contribution < -0.4 is 10.2 Å². The van der Waals surface area contributed by atoms with Crippen LogP contribution in [0.2, 0.25) is 0 Å². The van der Waals surface area contributed by atoms with Crippen molar-refractivity contribution in [3.05, 3.63) is 60.5 Å². The molecule has 2 fully saturated rings. The first-order valence-corrected chi connectivity index (χ1v) is 10.4. The summed E-state index contributed by atoms with van der Waals surface area (Å²) in [4.78, 5) is 6.63. The van der Waals surface area contributed by atoms with Crippen LogP contribution in [0.1, 0.15) is 0 Å². The van der Waals surface area contributed by atoms with Gasteiger partial charge >= 0.3 is 0 Å². The van der Waals surface area contributed by atoms with Gasteiger partial charge in [0.2, 0.25) is 9.84 Å². The van der Waals surface area contributed by atoms with Gasteiger partial charge in [0.1, 0.15) is 5.82 Å². The third-order valence-electron chi connectivity index (χ3n) is 5.50. The zero-order valence-corrected chi connectivity index (χ0v) is 15.3. The van der Waals surface area contributed by atoms with E-state index in [1.807, 2.05) is 18.2 Å². The molecule has 2 aliphatic heterocycles. The molecular formula is C20H18FN3O2S. The maximum atomic E-state index is 13.5. The molecule has 138 valence electrons. The zero-order valence-electron chi connectivity index (χ0n) is 14.5. The Balaban J connectivity index is 1.54. The Morgan fingerprint density at radius 2 is 1.96 bits per heavy atom. The molecule has 0 radical (unpaired) electrons. The molecule has 0 bridgehead atoms. The van der Waals surface area contributed by atoms with Gasteiger partial charge in [-0.25, -0.2) is 12.8 Å². The first-order valence-electron chi connectivity index (χ1n) is 8.89. The standard InChI is InChI=1S/C20H18FN3O2S/c21-15-2-1-3-17(8-15)27(25,26)18-7-13-6-16(4-5-19(13)23-10-18)24-11-14-9-22-20(14)12-24/h1-8,10,14,20,22H,9,11-12H2/t14-,20-/m1/s1. The van der Waals surface area contributed by atoms with Gasteiger partial charge in [-0.1, -0.05) is 6.07 Å². The van der Waals surface area contributed by atoms with Gasteiger partial charge in [-0.3, -0.25) is 4.98 Å². The highest BCUT2D eigenvalue weighted by molar-refractivity contribution is 7.91. The van der Waals surface area contributed by atoms with Crippen LogP contribution in [0.15, 0.2) is 64.5 Å². The normalized spacial score (nSPS) is 21.9. The van der Waals surface area contributed by atoms with Crippen molar-refractivity contribution in [1.29, 1.82) is 0 Å². The van der Waals surface area contributed by atoms with Gasteiger partial charge < -0.3 is 10.2 Å². The number of pyridine rings is 1. The average Bonchev–Trinajstić information content (AvgIpc) is 2.95. The Labute approximate surface area is 156 Å². The minimum Gasteiger partial charge on any atom is -0.370 e. The van der Waals surface area contributed by atoms with Crippen LogP contribution in [0.3, 0.4) is 0 Å². The molecule has 1 N–H and O–H groups in total. The predicted octanol–water partition coefficient (Wildman–Crippen LogP) is 2.61. The molecule has 0 spiro atoms. The molecule has 0 saturated carbocycles. The predicted molar refractivity (Wildman–Crippen MR) is 101 cm³/mol. The number of hydrogen-bond donors (Lipinski definition) is 1. The Bertz CT molecular complexity index is 1140. The van der Waals surface area contributed by atoms with Crippen molar-refractivity contribution in [2.24, 2.45) is 5.92 Å². The van der Waals surface area contributed by atoms with Crippen LogP contribution in [-0.2, 0) is 9.84 Å². The summed E-state index contributed by atoms with van der Waals surface area (Å²) < 4.78 is 39.1. The fourth-order valence-corrected chi connectivity index (χ4v) is 5.15. The van der Waals surface area contributed by atoms with Crippen molar-refractivity contribution in [1.82, 2.24) is 10.3 Å². The molecule has 3 heterocycles. The molecule has 0 amide bonds. The molecule has 7 heteroatoms. The molecule has 0 unspecified atom stereocenters. The summed E-state index contributed by atoms with van der Waals surface area (Å²) >= 11 is 0. The SMILES string of the molecule is O=S(=O)(c1cccc(F)c1)c1cnc2ccc(N3C[C@H]4CN[C@@H]4C3)cc2c1. The monoisotopic (exact) mass is 383 g/mol. The molecule has 0 aliphatic carbocycles. The van der Waals surface area contributed by atoms with Crippen LogP contribution in [-0.4, -0.2) is 39.1 Å². The number of rotatable bonds is 3. The van der Waals surface area contributed by atoms with E-state index in [1.54, 1.807) is 6.07 Å². The minimum absolute atomic E-state index is 0.0676. The van der Waals surface area contributed by atoms with Gasteiger partial charge in [0.05, 0.1) is 15.3 Å². The lowest BCUT2D eigenvalue weighted by Crippen LogP contribution is -2.51. The molecule has 5 rings (SSSR count). The summed E-state index contributed by atoms with van der Waals surface area (Å²) in [6.45, 7) is 3.04. The number of nitrogens with zero attached hydrogens (tertiary/aromatic N) is 2. The van der Waals surface area contributed by atoms with E-state index < -0.39 is 15.7 Å².